The largest absolute Gasteiger partial charge is 0.362 e. The molecule has 0 spiro atoms. The minimum atomic E-state index is 0.657. The number of hydrogen-bond acceptors (Lipinski definition) is 4. The lowest BCUT2D eigenvalue weighted by Gasteiger charge is -2.14. The summed E-state index contributed by atoms with van der Waals surface area (Å²) in [7, 11) is 5.74. The van der Waals surface area contributed by atoms with Crippen molar-refractivity contribution in [2.24, 2.45) is 0 Å². The zero-order valence-electron chi connectivity index (χ0n) is 7.92. The summed E-state index contributed by atoms with van der Waals surface area (Å²) in [5.41, 5.74) is 1.08. The molecule has 0 unspecified atom stereocenters. The van der Waals surface area contributed by atoms with Crippen LogP contribution in [0.4, 0.5) is 11.8 Å². The molecule has 1 heterocycles. The van der Waals surface area contributed by atoms with Gasteiger partial charge in [0.15, 0.2) is 0 Å². The molecule has 1 aromatic heterocycles. The average molecular weight is 166 g/mol. The van der Waals surface area contributed by atoms with Gasteiger partial charge in [-0.25, -0.2) is 4.98 Å². The molecule has 0 aliphatic rings. The summed E-state index contributed by atoms with van der Waals surface area (Å²) in [5, 5.41) is 2.90. The number of hydrogen-bond donors (Lipinski definition) is 1. The van der Waals surface area contributed by atoms with Gasteiger partial charge in [-0.05, 0) is 6.92 Å². The standard InChI is InChI=1S/C8H14N4/c1-6-5-10-8(9-2)11-7(6)12(3)4/h5H,1-4H3,(H,9,10,11). The van der Waals surface area contributed by atoms with E-state index in [0.717, 1.165) is 11.4 Å². The number of aryl methyl sites for hydroxylation is 1. The topological polar surface area (TPSA) is 41.1 Å². The van der Waals surface area contributed by atoms with Gasteiger partial charge in [0.05, 0.1) is 0 Å². The third kappa shape index (κ3) is 1.64. The second-order valence-electron chi connectivity index (χ2n) is 2.84. The molecule has 12 heavy (non-hydrogen) atoms. The van der Waals surface area contributed by atoms with E-state index in [2.05, 4.69) is 15.3 Å². The Morgan fingerprint density at radius 3 is 2.58 bits per heavy atom. The van der Waals surface area contributed by atoms with Crippen LogP contribution in [-0.2, 0) is 0 Å². The van der Waals surface area contributed by atoms with Gasteiger partial charge < -0.3 is 10.2 Å². The Labute approximate surface area is 72.6 Å². The molecule has 4 heteroatoms. The second-order valence-corrected chi connectivity index (χ2v) is 2.84. The SMILES string of the molecule is CNc1ncc(C)c(N(C)C)n1. The molecule has 0 aliphatic heterocycles. The van der Waals surface area contributed by atoms with Crippen molar-refractivity contribution in [3.8, 4) is 0 Å². The van der Waals surface area contributed by atoms with Crippen LogP contribution < -0.4 is 10.2 Å². The average Bonchev–Trinajstić information content (AvgIpc) is 2.05. The van der Waals surface area contributed by atoms with Crippen molar-refractivity contribution in [2.75, 3.05) is 31.4 Å². The van der Waals surface area contributed by atoms with Crippen molar-refractivity contribution in [2.45, 2.75) is 6.92 Å². The van der Waals surface area contributed by atoms with Crippen LogP contribution in [0.15, 0.2) is 6.20 Å². The Hall–Kier alpha value is -1.32. The first-order chi connectivity index (χ1) is 5.65. The van der Waals surface area contributed by atoms with Gasteiger partial charge in [-0.2, -0.15) is 4.98 Å². The highest BCUT2D eigenvalue weighted by atomic mass is 15.2. The van der Waals surface area contributed by atoms with Crippen LogP contribution in [-0.4, -0.2) is 31.1 Å². The molecule has 0 aromatic carbocycles. The summed E-state index contributed by atoms with van der Waals surface area (Å²) in [6.45, 7) is 1.99. The summed E-state index contributed by atoms with van der Waals surface area (Å²) in [6.07, 6.45) is 1.81. The molecule has 0 amide bonds. The molecule has 1 aromatic rings. The summed E-state index contributed by atoms with van der Waals surface area (Å²) in [6, 6.07) is 0. The first-order valence-electron chi connectivity index (χ1n) is 3.84. The Morgan fingerprint density at radius 2 is 2.08 bits per heavy atom. The van der Waals surface area contributed by atoms with Crippen LogP contribution in [0.3, 0.4) is 0 Å². The number of rotatable bonds is 2. The van der Waals surface area contributed by atoms with E-state index in [4.69, 9.17) is 0 Å². The van der Waals surface area contributed by atoms with E-state index in [0.29, 0.717) is 5.95 Å². The van der Waals surface area contributed by atoms with Crippen LogP contribution in [0, 0.1) is 6.92 Å². The maximum absolute atomic E-state index is 4.29. The van der Waals surface area contributed by atoms with Gasteiger partial charge >= 0.3 is 0 Å². The van der Waals surface area contributed by atoms with E-state index in [1.807, 2.05) is 39.2 Å². The Morgan fingerprint density at radius 1 is 1.42 bits per heavy atom. The Kier molecular flexibility index (Phi) is 2.47. The molecule has 1 rings (SSSR count). The summed E-state index contributed by atoms with van der Waals surface area (Å²) >= 11 is 0. The van der Waals surface area contributed by atoms with Crippen LogP contribution >= 0.6 is 0 Å². The third-order valence-corrected chi connectivity index (χ3v) is 1.59. The van der Waals surface area contributed by atoms with Gasteiger partial charge in [-0.1, -0.05) is 0 Å². The lowest BCUT2D eigenvalue weighted by Crippen LogP contribution is -2.13. The number of nitrogens with zero attached hydrogens (tertiary/aromatic N) is 3. The van der Waals surface area contributed by atoms with Crippen molar-refractivity contribution in [1.29, 1.82) is 0 Å². The van der Waals surface area contributed by atoms with Crippen LogP contribution in [0.1, 0.15) is 5.56 Å². The van der Waals surface area contributed by atoms with Crippen LogP contribution in [0.5, 0.6) is 0 Å². The van der Waals surface area contributed by atoms with Gasteiger partial charge in [0.25, 0.3) is 0 Å². The van der Waals surface area contributed by atoms with E-state index in [9.17, 15) is 0 Å². The maximum Gasteiger partial charge on any atom is 0.224 e. The fourth-order valence-corrected chi connectivity index (χ4v) is 1.01. The molecule has 0 aliphatic carbocycles. The van der Waals surface area contributed by atoms with Gasteiger partial charge in [0.2, 0.25) is 5.95 Å². The minimum absolute atomic E-state index is 0.657. The molecule has 0 saturated carbocycles. The van der Waals surface area contributed by atoms with Gasteiger partial charge in [-0.15, -0.1) is 0 Å². The summed E-state index contributed by atoms with van der Waals surface area (Å²) < 4.78 is 0. The predicted molar refractivity (Wildman–Crippen MR) is 50.6 cm³/mol. The van der Waals surface area contributed by atoms with E-state index in [1.165, 1.54) is 0 Å². The number of nitrogens with one attached hydrogen (secondary N) is 1. The van der Waals surface area contributed by atoms with Crippen molar-refractivity contribution in [1.82, 2.24) is 9.97 Å². The third-order valence-electron chi connectivity index (χ3n) is 1.59. The van der Waals surface area contributed by atoms with Crippen LogP contribution in [0.25, 0.3) is 0 Å². The molecule has 0 fully saturated rings. The van der Waals surface area contributed by atoms with Crippen molar-refractivity contribution in [3.05, 3.63) is 11.8 Å². The highest BCUT2D eigenvalue weighted by Gasteiger charge is 2.03. The maximum atomic E-state index is 4.29. The molecular weight excluding hydrogens is 152 g/mol. The fourth-order valence-electron chi connectivity index (χ4n) is 1.01. The van der Waals surface area contributed by atoms with Crippen molar-refractivity contribution < 1.29 is 0 Å². The highest BCUT2D eigenvalue weighted by Crippen LogP contribution is 2.14. The molecule has 0 radical (unpaired) electrons. The summed E-state index contributed by atoms with van der Waals surface area (Å²) in [4.78, 5) is 10.4. The second kappa shape index (κ2) is 3.38. The van der Waals surface area contributed by atoms with Crippen LogP contribution in [0.2, 0.25) is 0 Å². The van der Waals surface area contributed by atoms with Crippen molar-refractivity contribution >= 4 is 11.8 Å². The first-order valence-corrected chi connectivity index (χ1v) is 3.84. The minimum Gasteiger partial charge on any atom is -0.362 e. The van der Waals surface area contributed by atoms with Crippen molar-refractivity contribution in [3.63, 3.8) is 0 Å². The predicted octanol–water partition coefficient (Wildman–Crippen LogP) is 0.893. The van der Waals surface area contributed by atoms with E-state index >= 15 is 0 Å². The highest BCUT2D eigenvalue weighted by molar-refractivity contribution is 5.47. The molecule has 1 N–H and O–H groups in total. The molecule has 0 saturated heterocycles. The fraction of sp³-hybridized carbons (Fsp3) is 0.500. The zero-order chi connectivity index (χ0) is 9.14. The first kappa shape index (κ1) is 8.77. The number of aromatic nitrogens is 2. The Bertz CT molecular complexity index is 270. The molecule has 0 bridgehead atoms. The van der Waals surface area contributed by atoms with E-state index in [-0.39, 0.29) is 0 Å². The smallest absolute Gasteiger partial charge is 0.224 e. The van der Waals surface area contributed by atoms with Gasteiger partial charge in [0.1, 0.15) is 5.82 Å². The normalized spacial score (nSPS) is 9.67. The molecule has 4 nitrogen and oxygen atoms in total. The molecular formula is C8H14N4. The quantitative estimate of drug-likeness (QED) is 0.708. The lowest BCUT2D eigenvalue weighted by atomic mass is 10.3. The molecule has 0 atom stereocenters. The zero-order valence-corrected chi connectivity index (χ0v) is 7.92. The molecule has 66 valence electrons. The lowest BCUT2D eigenvalue weighted by molar-refractivity contribution is 1.01. The van der Waals surface area contributed by atoms with Gasteiger partial charge in [-0.3, -0.25) is 0 Å². The monoisotopic (exact) mass is 166 g/mol. The van der Waals surface area contributed by atoms with Gasteiger partial charge in [0, 0.05) is 32.9 Å². The Balaban J connectivity index is 3.08. The van der Waals surface area contributed by atoms with E-state index < -0.39 is 0 Å². The number of anilines is 2. The summed E-state index contributed by atoms with van der Waals surface area (Å²) in [5.74, 6) is 1.61. The van der Waals surface area contributed by atoms with E-state index in [1.54, 1.807) is 0 Å².